The Bertz CT molecular complexity index is 1240. The third-order valence-corrected chi connectivity index (χ3v) is 5.45. The fourth-order valence-corrected chi connectivity index (χ4v) is 3.44. The molecule has 0 saturated carbocycles. The van der Waals surface area contributed by atoms with Gasteiger partial charge in [0, 0.05) is 5.56 Å². The van der Waals surface area contributed by atoms with Gasteiger partial charge in [0.2, 0.25) is 0 Å². The minimum Gasteiger partial charge on any atom is -0.506 e. The molecule has 3 aromatic carbocycles. The maximum Gasteiger partial charge on any atom is 0.339 e. The van der Waals surface area contributed by atoms with Crippen molar-refractivity contribution < 1.29 is 24.5 Å². The molecule has 0 atom stereocenters. The Morgan fingerprint density at radius 3 is 2.44 bits per heavy atom. The number of carbonyl (C=O) groups excluding carboxylic acids is 1. The summed E-state index contributed by atoms with van der Waals surface area (Å²) in [7, 11) is 0. The van der Waals surface area contributed by atoms with Crippen LogP contribution in [0, 0.1) is 6.92 Å². The first-order valence-corrected chi connectivity index (χ1v) is 10.9. The number of hydrogen-bond donors (Lipinski definition) is 3. The quantitative estimate of drug-likeness (QED) is 0.290. The molecule has 0 bridgehead atoms. The van der Waals surface area contributed by atoms with Gasteiger partial charge >= 0.3 is 5.97 Å². The first-order valence-electron chi connectivity index (χ1n) is 10.6. The van der Waals surface area contributed by atoms with E-state index in [1.807, 2.05) is 24.3 Å². The van der Waals surface area contributed by atoms with Gasteiger partial charge in [0.1, 0.15) is 23.7 Å². The normalized spacial score (nSPS) is 11.1. The van der Waals surface area contributed by atoms with Crippen molar-refractivity contribution in [3.05, 3.63) is 93.0 Å². The maximum atomic E-state index is 12.2. The molecule has 0 heterocycles. The number of aromatic carboxylic acids is 1. The predicted octanol–water partition coefficient (Wildman–Crippen LogP) is 5.52. The molecule has 0 aromatic heterocycles. The molecular weight excluding hydrogens is 456 g/mol. The van der Waals surface area contributed by atoms with E-state index >= 15 is 0 Å². The highest BCUT2D eigenvalue weighted by Gasteiger charge is 2.16. The molecule has 0 saturated heterocycles. The molecule has 0 unspecified atom stereocenters. The zero-order valence-electron chi connectivity index (χ0n) is 19.0. The second-order valence-electron chi connectivity index (χ2n) is 8.07. The van der Waals surface area contributed by atoms with Crippen molar-refractivity contribution in [1.29, 1.82) is 0 Å². The van der Waals surface area contributed by atoms with Crippen LogP contribution in [-0.2, 0) is 6.61 Å². The van der Waals surface area contributed by atoms with Crippen LogP contribution in [0.25, 0.3) is 0 Å². The Balaban J connectivity index is 1.73. The number of phenolic OH excluding ortho intramolecular Hbond substituents is 1. The number of benzene rings is 3. The highest BCUT2D eigenvalue weighted by Crippen LogP contribution is 2.27. The van der Waals surface area contributed by atoms with E-state index in [1.54, 1.807) is 13.0 Å². The van der Waals surface area contributed by atoms with E-state index in [-0.39, 0.29) is 34.3 Å². The summed E-state index contributed by atoms with van der Waals surface area (Å²) in [5.74, 6) is -1.09. The molecule has 7 nitrogen and oxygen atoms in total. The number of nitrogens with one attached hydrogen (secondary N) is 1. The lowest BCUT2D eigenvalue weighted by molar-refractivity contribution is 0.0691. The van der Waals surface area contributed by atoms with Crippen molar-refractivity contribution >= 4 is 29.7 Å². The predicted molar refractivity (Wildman–Crippen MR) is 131 cm³/mol. The van der Waals surface area contributed by atoms with Gasteiger partial charge in [-0.15, -0.1) is 0 Å². The van der Waals surface area contributed by atoms with Crippen molar-refractivity contribution in [1.82, 2.24) is 5.43 Å². The fourth-order valence-electron chi connectivity index (χ4n) is 3.26. The standard InChI is InChI=1S/C26H25ClN2O5/c1-15(2)19-6-4-17(5-7-19)14-34-24-16(3)10-18(11-21(24)26(32)33)13-28-29-25(31)20-8-9-23(30)22(27)12-20/h4-13,15,30H,14H2,1-3H3,(H,29,31)(H,32,33)/b28-13+. The lowest BCUT2D eigenvalue weighted by atomic mass is 10.0. The van der Waals surface area contributed by atoms with Crippen LogP contribution in [0.15, 0.2) is 59.7 Å². The van der Waals surface area contributed by atoms with Crippen molar-refractivity contribution in [2.24, 2.45) is 5.10 Å². The average molecular weight is 481 g/mol. The van der Waals surface area contributed by atoms with Gasteiger partial charge in [-0.2, -0.15) is 5.10 Å². The van der Waals surface area contributed by atoms with Crippen molar-refractivity contribution in [3.8, 4) is 11.5 Å². The first-order chi connectivity index (χ1) is 16.2. The summed E-state index contributed by atoms with van der Waals surface area (Å²) in [5.41, 5.74) is 5.81. The Hall–Kier alpha value is -3.84. The highest BCUT2D eigenvalue weighted by molar-refractivity contribution is 6.32. The second kappa shape index (κ2) is 10.9. The number of aryl methyl sites for hydroxylation is 1. The van der Waals surface area contributed by atoms with Gasteiger partial charge in [-0.25, -0.2) is 10.2 Å². The smallest absolute Gasteiger partial charge is 0.339 e. The number of carboxylic acids is 1. The molecule has 0 aliphatic rings. The van der Waals surface area contributed by atoms with Crippen LogP contribution in [0.4, 0.5) is 0 Å². The number of rotatable bonds is 8. The van der Waals surface area contributed by atoms with Gasteiger partial charge < -0.3 is 14.9 Å². The number of nitrogens with zero attached hydrogens (tertiary/aromatic N) is 1. The van der Waals surface area contributed by atoms with E-state index in [9.17, 15) is 19.8 Å². The Morgan fingerprint density at radius 1 is 1.12 bits per heavy atom. The van der Waals surface area contributed by atoms with Crippen molar-refractivity contribution in [2.75, 3.05) is 0 Å². The third kappa shape index (κ3) is 6.14. The van der Waals surface area contributed by atoms with Crippen LogP contribution in [0.5, 0.6) is 11.5 Å². The Kier molecular flexibility index (Phi) is 7.91. The summed E-state index contributed by atoms with van der Waals surface area (Å²) in [6.45, 7) is 6.22. The van der Waals surface area contributed by atoms with E-state index in [4.69, 9.17) is 16.3 Å². The van der Waals surface area contributed by atoms with E-state index in [1.165, 1.54) is 36.0 Å². The van der Waals surface area contributed by atoms with Crippen LogP contribution in [0.3, 0.4) is 0 Å². The molecule has 176 valence electrons. The fraction of sp³-hybridized carbons (Fsp3) is 0.192. The highest BCUT2D eigenvalue weighted by atomic mass is 35.5. The summed E-state index contributed by atoms with van der Waals surface area (Å²) in [6.07, 6.45) is 1.34. The van der Waals surface area contributed by atoms with Gasteiger partial charge in [-0.1, -0.05) is 49.7 Å². The van der Waals surface area contributed by atoms with Crippen molar-refractivity contribution in [2.45, 2.75) is 33.3 Å². The number of ether oxygens (including phenoxy) is 1. The molecule has 3 aromatic rings. The van der Waals surface area contributed by atoms with E-state index in [2.05, 4.69) is 24.4 Å². The molecular formula is C26H25ClN2O5. The lowest BCUT2D eigenvalue weighted by Crippen LogP contribution is -2.17. The summed E-state index contributed by atoms with van der Waals surface area (Å²) in [4.78, 5) is 24.0. The minimum absolute atomic E-state index is 0.00288. The van der Waals surface area contributed by atoms with Crippen LogP contribution in [-0.4, -0.2) is 28.3 Å². The second-order valence-corrected chi connectivity index (χ2v) is 8.48. The molecule has 3 rings (SSSR count). The average Bonchev–Trinajstić information content (AvgIpc) is 2.80. The van der Waals surface area contributed by atoms with Crippen LogP contribution < -0.4 is 10.2 Å². The van der Waals surface area contributed by atoms with E-state index in [0.717, 1.165) is 5.56 Å². The molecule has 0 spiro atoms. The summed E-state index contributed by atoms with van der Waals surface area (Å²) >= 11 is 5.82. The summed E-state index contributed by atoms with van der Waals surface area (Å²) in [6, 6.07) is 15.2. The number of hydrogen-bond acceptors (Lipinski definition) is 5. The molecule has 0 fully saturated rings. The van der Waals surface area contributed by atoms with E-state index < -0.39 is 11.9 Å². The number of amides is 1. The number of carboxylic acid groups (broad SMARTS) is 1. The van der Waals surface area contributed by atoms with Crippen molar-refractivity contribution in [3.63, 3.8) is 0 Å². The minimum atomic E-state index is -1.13. The maximum absolute atomic E-state index is 12.2. The number of carbonyl (C=O) groups is 2. The third-order valence-electron chi connectivity index (χ3n) is 5.15. The molecule has 34 heavy (non-hydrogen) atoms. The Labute approximate surface area is 202 Å². The van der Waals surface area contributed by atoms with Gasteiger partial charge in [-0.3, -0.25) is 4.79 Å². The van der Waals surface area contributed by atoms with Crippen LogP contribution >= 0.6 is 11.6 Å². The van der Waals surface area contributed by atoms with Crippen LogP contribution in [0.2, 0.25) is 5.02 Å². The molecule has 1 amide bonds. The van der Waals surface area contributed by atoms with Gasteiger partial charge in [0.15, 0.2) is 0 Å². The van der Waals surface area contributed by atoms with Gasteiger partial charge in [0.05, 0.1) is 11.2 Å². The molecule has 0 aliphatic carbocycles. The molecule has 8 heteroatoms. The van der Waals surface area contributed by atoms with Gasteiger partial charge in [0.25, 0.3) is 5.91 Å². The largest absolute Gasteiger partial charge is 0.506 e. The summed E-state index contributed by atoms with van der Waals surface area (Å²) < 4.78 is 5.86. The zero-order chi connectivity index (χ0) is 24.8. The van der Waals surface area contributed by atoms with E-state index in [0.29, 0.717) is 17.0 Å². The lowest BCUT2D eigenvalue weighted by Gasteiger charge is -2.14. The summed E-state index contributed by atoms with van der Waals surface area (Å²) in [5, 5.41) is 23.1. The first kappa shape index (κ1) is 24.8. The SMILES string of the molecule is Cc1cc(/C=N/NC(=O)c2ccc(O)c(Cl)c2)cc(C(=O)O)c1OCc1ccc(C(C)C)cc1. The number of halogens is 1. The number of hydrazone groups is 1. The number of aromatic hydroxyl groups is 1. The molecule has 0 aliphatic heterocycles. The monoisotopic (exact) mass is 480 g/mol. The number of phenols is 1. The molecule has 3 N–H and O–H groups in total. The topological polar surface area (TPSA) is 108 Å². The zero-order valence-corrected chi connectivity index (χ0v) is 19.8. The van der Waals surface area contributed by atoms with Crippen LogP contribution in [0.1, 0.15) is 62.7 Å². The van der Waals surface area contributed by atoms with Gasteiger partial charge in [-0.05, 0) is 65.4 Å². The molecule has 0 radical (unpaired) electrons. The Morgan fingerprint density at radius 2 is 1.82 bits per heavy atom.